The molecule has 112 valence electrons. The SMILES string of the molecule is Cc1cc(N)cc(S(=O)(=O)N2CCC(C)(C)CC2)c1C. The third-order valence-electron chi connectivity index (χ3n) is 4.34. The number of piperidine rings is 1. The Kier molecular flexibility index (Phi) is 3.86. The minimum absolute atomic E-state index is 0.229. The van der Waals surface area contributed by atoms with Gasteiger partial charge in [-0.15, -0.1) is 0 Å². The number of sulfonamides is 1. The van der Waals surface area contributed by atoms with Crippen molar-refractivity contribution in [3.8, 4) is 0 Å². The normalized spacial score (nSPS) is 20.0. The summed E-state index contributed by atoms with van der Waals surface area (Å²) in [5.74, 6) is 0. The van der Waals surface area contributed by atoms with Gasteiger partial charge in [0.25, 0.3) is 0 Å². The molecule has 1 aromatic carbocycles. The second-order valence-corrected chi connectivity index (χ2v) is 8.44. The van der Waals surface area contributed by atoms with Crippen molar-refractivity contribution < 1.29 is 8.42 Å². The lowest BCUT2D eigenvalue weighted by Crippen LogP contribution is -2.41. The van der Waals surface area contributed by atoms with Crippen molar-refractivity contribution in [3.05, 3.63) is 23.3 Å². The zero-order chi connectivity index (χ0) is 15.1. The summed E-state index contributed by atoms with van der Waals surface area (Å²) in [6, 6.07) is 3.39. The Bertz CT molecular complexity index is 611. The molecule has 1 heterocycles. The maximum absolute atomic E-state index is 12.8. The minimum atomic E-state index is -3.43. The zero-order valence-corrected chi connectivity index (χ0v) is 13.5. The van der Waals surface area contributed by atoms with Gasteiger partial charge in [-0.3, -0.25) is 0 Å². The highest BCUT2D eigenvalue weighted by Crippen LogP contribution is 2.33. The summed E-state index contributed by atoms with van der Waals surface area (Å²) >= 11 is 0. The summed E-state index contributed by atoms with van der Waals surface area (Å²) in [5.41, 5.74) is 8.26. The monoisotopic (exact) mass is 296 g/mol. The van der Waals surface area contributed by atoms with Crippen molar-refractivity contribution in [1.82, 2.24) is 4.31 Å². The van der Waals surface area contributed by atoms with Gasteiger partial charge < -0.3 is 5.73 Å². The first-order chi connectivity index (χ1) is 9.13. The van der Waals surface area contributed by atoms with E-state index >= 15 is 0 Å². The van der Waals surface area contributed by atoms with E-state index in [-0.39, 0.29) is 5.41 Å². The third kappa shape index (κ3) is 2.83. The number of nitrogens with zero attached hydrogens (tertiary/aromatic N) is 1. The summed E-state index contributed by atoms with van der Waals surface area (Å²) in [5, 5.41) is 0. The molecular formula is C15H24N2O2S. The molecule has 0 unspecified atom stereocenters. The van der Waals surface area contributed by atoms with Crippen LogP contribution in [0.3, 0.4) is 0 Å². The van der Waals surface area contributed by atoms with Crippen LogP contribution in [0.15, 0.2) is 17.0 Å². The number of benzene rings is 1. The van der Waals surface area contributed by atoms with Crippen molar-refractivity contribution >= 4 is 15.7 Å². The molecule has 20 heavy (non-hydrogen) atoms. The van der Waals surface area contributed by atoms with Crippen LogP contribution in [0.2, 0.25) is 0 Å². The molecule has 1 aromatic rings. The maximum Gasteiger partial charge on any atom is 0.243 e. The molecule has 0 aromatic heterocycles. The summed E-state index contributed by atoms with van der Waals surface area (Å²) in [4.78, 5) is 0.356. The average Bonchev–Trinajstić information content (AvgIpc) is 2.33. The van der Waals surface area contributed by atoms with E-state index < -0.39 is 10.0 Å². The fraction of sp³-hybridized carbons (Fsp3) is 0.600. The smallest absolute Gasteiger partial charge is 0.243 e. The lowest BCUT2D eigenvalue weighted by molar-refractivity contribution is 0.196. The van der Waals surface area contributed by atoms with Gasteiger partial charge in [0.2, 0.25) is 10.0 Å². The van der Waals surface area contributed by atoms with Gasteiger partial charge in [0.05, 0.1) is 4.90 Å². The Morgan fingerprint density at radius 1 is 1.15 bits per heavy atom. The van der Waals surface area contributed by atoms with E-state index in [1.54, 1.807) is 10.4 Å². The van der Waals surface area contributed by atoms with Gasteiger partial charge in [-0.1, -0.05) is 13.8 Å². The Balaban J connectivity index is 2.37. The number of hydrogen-bond donors (Lipinski definition) is 1. The highest BCUT2D eigenvalue weighted by molar-refractivity contribution is 7.89. The first kappa shape index (κ1) is 15.3. The third-order valence-corrected chi connectivity index (χ3v) is 6.36. The van der Waals surface area contributed by atoms with Crippen molar-refractivity contribution in [2.45, 2.75) is 45.4 Å². The van der Waals surface area contributed by atoms with Gasteiger partial charge in [0, 0.05) is 18.8 Å². The van der Waals surface area contributed by atoms with E-state index in [4.69, 9.17) is 5.73 Å². The van der Waals surface area contributed by atoms with E-state index in [0.717, 1.165) is 24.0 Å². The van der Waals surface area contributed by atoms with Crippen LogP contribution in [-0.4, -0.2) is 25.8 Å². The van der Waals surface area contributed by atoms with E-state index in [2.05, 4.69) is 13.8 Å². The molecule has 0 radical (unpaired) electrons. The van der Waals surface area contributed by atoms with Crippen LogP contribution in [-0.2, 0) is 10.0 Å². The second kappa shape index (κ2) is 5.04. The average molecular weight is 296 g/mol. The molecule has 0 saturated carbocycles. The summed E-state index contributed by atoms with van der Waals surface area (Å²) in [6.07, 6.45) is 1.79. The van der Waals surface area contributed by atoms with E-state index in [1.165, 1.54) is 0 Å². The van der Waals surface area contributed by atoms with Crippen LogP contribution in [0.1, 0.15) is 37.8 Å². The number of hydrogen-bond acceptors (Lipinski definition) is 3. The van der Waals surface area contributed by atoms with Crippen molar-refractivity contribution in [2.24, 2.45) is 5.41 Å². The number of nitrogens with two attached hydrogens (primary N) is 1. The highest BCUT2D eigenvalue weighted by Gasteiger charge is 2.33. The first-order valence-electron chi connectivity index (χ1n) is 7.00. The summed E-state index contributed by atoms with van der Waals surface area (Å²) in [6.45, 7) is 9.28. The second-order valence-electron chi connectivity index (χ2n) is 6.53. The largest absolute Gasteiger partial charge is 0.399 e. The molecule has 1 saturated heterocycles. The molecule has 2 rings (SSSR count). The van der Waals surface area contributed by atoms with Crippen LogP contribution in [0.25, 0.3) is 0 Å². The van der Waals surface area contributed by atoms with E-state index in [9.17, 15) is 8.42 Å². The van der Waals surface area contributed by atoms with Gasteiger partial charge in [-0.05, 0) is 55.4 Å². The van der Waals surface area contributed by atoms with Crippen molar-refractivity contribution in [3.63, 3.8) is 0 Å². The fourth-order valence-corrected chi connectivity index (χ4v) is 4.37. The van der Waals surface area contributed by atoms with E-state index in [0.29, 0.717) is 23.7 Å². The molecule has 0 atom stereocenters. The van der Waals surface area contributed by atoms with Gasteiger partial charge in [0.1, 0.15) is 0 Å². The zero-order valence-electron chi connectivity index (χ0n) is 12.7. The molecular weight excluding hydrogens is 272 g/mol. The molecule has 0 amide bonds. The van der Waals surface area contributed by atoms with Crippen LogP contribution in [0.5, 0.6) is 0 Å². The first-order valence-corrected chi connectivity index (χ1v) is 8.44. The molecule has 4 nitrogen and oxygen atoms in total. The molecule has 5 heteroatoms. The molecule has 1 fully saturated rings. The van der Waals surface area contributed by atoms with Gasteiger partial charge in [0.15, 0.2) is 0 Å². The Labute approximate surface area is 122 Å². The summed E-state index contributed by atoms with van der Waals surface area (Å²) < 4.78 is 27.2. The van der Waals surface area contributed by atoms with Gasteiger partial charge in [-0.25, -0.2) is 8.42 Å². The van der Waals surface area contributed by atoms with Crippen LogP contribution < -0.4 is 5.73 Å². The maximum atomic E-state index is 12.8. The molecule has 0 bridgehead atoms. The quantitative estimate of drug-likeness (QED) is 0.853. The van der Waals surface area contributed by atoms with Crippen molar-refractivity contribution in [1.29, 1.82) is 0 Å². The van der Waals surface area contributed by atoms with E-state index in [1.807, 2.05) is 19.9 Å². The van der Waals surface area contributed by atoms with Gasteiger partial charge >= 0.3 is 0 Å². The Morgan fingerprint density at radius 2 is 1.70 bits per heavy atom. The van der Waals surface area contributed by atoms with Crippen molar-refractivity contribution in [2.75, 3.05) is 18.8 Å². The molecule has 1 aliphatic rings. The Hall–Kier alpha value is -1.07. The molecule has 0 spiro atoms. The van der Waals surface area contributed by atoms with Crippen LogP contribution >= 0.6 is 0 Å². The summed E-state index contributed by atoms with van der Waals surface area (Å²) in [7, 11) is -3.43. The lowest BCUT2D eigenvalue weighted by atomic mass is 9.83. The topological polar surface area (TPSA) is 63.4 Å². The number of rotatable bonds is 2. The predicted octanol–water partition coefficient (Wildman–Crippen LogP) is 2.70. The standard InChI is InChI=1S/C15H24N2O2S/c1-11-9-13(16)10-14(12(11)2)20(18,19)17-7-5-15(3,4)6-8-17/h9-10H,5-8,16H2,1-4H3. The molecule has 2 N–H and O–H groups in total. The number of nitrogen functional groups attached to an aromatic ring is 1. The number of aryl methyl sites for hydroxylation is 1. The minimum Gasteiger partial charge on any atom is -0.399 e. The highest BCUT2D eigenvalue weighted by atomic mass is 32.2. The fourth-order valence-electron chi connectivity index (χ4n) is 2.59. The number of anilines is 1. The molecule has 1 aliphatic heterocycles. The Morgan fingerprint density at radius 3 is 2.25 bits per heavy atom. The van der Waals surface area contributed by atoms with Gasteiger partial charge in [-0.2, -0.15) is 4.31 Å². The lowest BCUT2D eigenvalue weighted by Gasteiger charge is -2.36. The van der Waals surface area contributed by atoms with Crippen LogP contribution in [0, 0.1) is 19.3 Å². The molecule has 0 aliphatic carbocycles. The predicted molar refractivity (Wildman–Crippen MR) is 82.1 cm³/mol. The van der Waals surface area contributed by atoms with Crippen LogP contribution in [0.4, 0.5) is 5.69 Å².